The number of oxazole rings is 1. The van der Waals surface area contributed by atoms with Crippen molar-refractivity contribution in [2.45, 2.75) is 0 Å². The standard InChI is InChI=1S/C39H22N2O2/c1-4-12-27-23(9-1)17-19-29-28-13-5-7-15-32(28)41(37(27)29)33-21-24-10-2-3-11-26(24)36-30-20-18-25(22-35(30)42-38(33)36)39-40-31-14-6-8-16-34(31)43-39/h1-22H. The maximum Gasteiger partial charge on any atom is 0.227 e. The van der Waals surface area contributed by atoms with E-state index in [1.165, 1.54) is 37.8 Å². The van der Waals surface area contributed by atoms with Crippen molar-refractivity contribution in [3.05, 3.63) is 133 Å². The van der Waals surface area contributed by atoms with Gasteiger partial charge in [-0.1, -0.05) is 91.0 Å². The van der Waals surface area contributed by atoms with E-state index in [0.717, 1.165) is 49.8 Å². The molecule has 0 N–H and O–H groups in total. The monoisotopic (exact) mass is 550 g/mol. The van der Waals surface area contributed by atoms with Crippen LogP contribution in [-0.4, -0.2) is 9.55 Å². The number of hydrogen-bond donors (Lipinski definition) is 0. The first-order valence-corrected chi connectivity index (χ1v) is 14.5. The van der Waals surface area contributed by atoms with Gasteiger partial charge in [-0.25, -0.2) is 4.98 Å². The Bertz CT molecular complexity index is 2710. The summed E-state index contributed by atoms with van der Waals surface area (Å²) >= 11 is 0. The molecule has 7 aromatic carbocycles. The first-order chi connectivity index (χ1) is 21.3. The highest BCUT2D eigenvalue weighted by molar-refractivity contribution is 6.24. The SMILES string of the molecule is c1ccc2c(c1)cc(-n1c3ccccc3c3ccc4ccccc4c31)c1oc3cc(-c4nc5ccccc5o4)ccc3c12. The average molecular weight is 551 g/mol. The van der Waals surface area contributed by atoms with Gasteiger partial charge in [0.25, 0.3) is 0 Å². The molecule has 10 aromatic rings. The van der Waals surface area contributed by atoms with Crippen molar-refractivity contribution < 1.29 is 8.83 Å². The zero-order chi connectivity index (χ0) is 28.1. The van der Waals surface area contributed by atoms with E-state index in [0.29, 0.717) is 5.89 Å². The number of benzene rings is 7. The highest BCUT2D eigenvalue weighted by Crippen LogP contribution is 2.43. The van der Waals surface area contributed by atoms with Gasteiger partial charge in [0.1, 0.15) is 11.1 Å². The van der Waals surface area contributed by atoms with Gasteiger partial charge in [-0.2, -0.15) is 0 Å². The summed E-state index contributed by atoms with van der Waals surface area (Å²) in [6, 6.07) is 46.7. The van der Waals surface area contributed by atoms with E-state index in [-0.39, 0.29) is 0 Å². The van der Waals surface area contributed by atoms with E-state index in [1.54, 1.807) is 0 Å². The maximum absolute atomic E-state index is 6.87. The van der Waals surface area contributed by atoms with Gasteiger partial charge in [0.2, 0.25) is 5.89 Å². The van der Waals surface area contributed by atoms with Crippen LogP contribution in [0, 0.1) is 0 Å². The predicted molar refractivity (Wildman–Crippen MR) is 176 cm³/mol. The van der Waals surface area contributed by atoms with E-state index >= 15 is 0 Å². The highest BCUT2D eigenvalue weighted by Gasteiger charge is 2.22. The molecule has 0 radical (unpaired) electrons. The predicted octanol–water partition coefficient (Wildman–Crippen LogP) is 10.8. The summed E-state index contributed by atoms with van der Waals surface area (Å²) in [5, 5.41) is 9.39. The number of nitrogens with zero attached hydrogens (tertiary/aromatic N) is 2. The minimum Gasteiger partial charge on any atom is -0.454 e. The Labute approximate surface area is 245 Å². The number of rotatable bonds is 2. The van der Waals surface area contributed by atoms with Crippen LogP contribution in [0.1, 0.15) is 0 Å². The van der Waals surface area contributed by atoms with Crippen molar-refractivity contribution in [3.8, 4) is 17.1 Å². The van der Waals surface area contributed by atoms with Gasteiger partial charge in [-0.15, -0.1) is 0 Å². The summed E-state index contributed by atoms with van der Waals surface area (Å²) in [7, 11) is 0. The zero-order valence-corrected chi connectivity index (χ0v) is 22.9. The van der Waals surface area contributed by atoms with E-state index in [4.69, 9.17) is 13.8 Å². The van der Waals surface area contributed by atoms with Crippen LogP contribution in [0.4, 0.5) is 0 Å². The molecule has 4 heteroatoms. The Kier molecular flexibility index (Phi) is 4.42. The molecule has 200 valence electrons. The molecule has 10 rings (SSSR count). The van der Waals surface area contributed by atoms with E-state index < -0.39 is 0 Å². The van der Waals surface area contributed by atoms with Crippen LogP contribution in [0.15, 0.2) is 142 Å². The molecular weight excluding hydrogens is 528 g/mol. The number of para-hydroxylation sites is 3. The summed E-state index contributed by atoms with van der Waals surface area (Å²) in [5.41, 5.74) is 7.52. The van der Waals surface area contributed by atoms with Crippen LogP contribution in [0.2, 0.25) is 0 Å². The third-order valence-electron chi connectivity index (χ3n) is 8.79. The third kappa shape index (κ3) is 3.12. The highest BCUT2D eigenvalue weighted by atomic mass is 16.3. The second-order valence-corrected chi connectivity index (χ2v) is 11.2. The molecule has 0 bridgehead atoms. The fourth-order valence-corrected chi connectivity index (χ4v) is 6.88. The van der Waals surface area contributed by atoms with Crippen molar-refractivity contribution in [1.82, 2.24) is 9.55 Å². The van der Waals surface area contributed by atoms with Crippen LogP contribution in [0.3, 0.4) is 0 Å². The lowest BCUT2D eigenvalue weighted by Gasteiger charge is -2.12. The van der Waals surface area contributed by atoms with Crippen molar-refractivity contribution in [1.29, 1.82) is 0 Å². The molecule has 0 atom stereocenters. The Balaban J connectivity index is 1.35. The Morgan fingerprint density at radius 1 is 0.512 bits per heavy atom. The lowest BCUT2D eigenvalue weighted by Crippen LogP contribution is -1.96. The van der Waals surface area contributed by atoms with Gasteiger partial charge >= 0.3 is 0 Å². The van der Waals surface area contributed by atoms with Crippen molar-refractivity contribution in [2.24, 2.45) is 0 Å². The van der Waals surface area contributed by atoms with Gasteiger partial charge in [-0.3, -0.25) is 0 Å². The molecule has 0 saturated carbocycles. The molecule has 43 heavy (non-hydrogen) atoms. The minimum absolute atomic E-state index is 0.586. The van der Waals surface area contributed by atoms with Gasteiger partial charge in [0.15, 0.2) is 11.2 Å². The zero-order valence-electron chi connectivity index (χ0n) is 22.9. The molecule has 3 heterocycles. The molecule has 0 fully saturated rings. The quantitative estimate of drug-likeness (QED) is 0.215. The Hall–Kier alpha value is -5.87. The van der Waals surface area contributed by atoms with Crippen LogP contribution in [0.25, 0.3) is 93.5 Å². The van der Waals surface area contributed by atoms with Crippen molar-refractivity contribution >= 4 is 76.4 Å². The lowest BCUT2D eigenvalue weighted by atomic mass is 10.0. The van der Waals surface area contributed by atoms with E-state index in [1.807, 2.05) is 24.3 Å². The molecule has 0 amide bonds. The fourth-order valence-electron chi connectivity index (χ4n) is 6.88. The number of hydrogen-bond acceptors (Lipinski definition) is 3. The van der Waals surface area contributed by atoms with Gasteiger partial charge < -0.3 is 13.4 Å². The lowest BCUT2D eigenvalue weighted by molar-refractivity contribution is 0.619. The molecule has 0 aliphatic rings. The molecule has 0 aliphatic heterocycles. The number of fused-ring (bicyclic) bond motifs is 11. The first kappa shape index (κ1) is 22.8. The first-order valence-electron chi connectivity index (χ1n) is 14.5. The van der Waals surface area contributed by atoms with Crippen molar-refractivity contribution in [3.63, 3.8) is 0 Å². The van der Waals surface area contributed by atoms with Gasteiger partial charge in [0.05, 0.1) is 16.7 Å². The largest absolute Gasteiger partial charge is 0.454 e. The molecular formula is C39H22N2O2. The third-order valence-corrected chi connectivity index (χ3v) is 8.79. The van der Waals surface area contributed by atoms with Crippen molar-refractivity contribution in [2.75, 3.05) is 0 Å². The summed E-state index contributed by atoms with van der Waals surface area (Å²) in [6.45, 7) is 0. The van der Waals surface area contributed by atoms with Gasteiger partial charge in [0, 0.05) is 32.5 Å². The fraction of sp³-hybridized carbons (Fsp3) is 0. The van der Waals surface area contributed by atoms with E-state index in [2.05, 4.69) is 114 Å². The van der Waals surface area contributed by atoms with Gasteiger partial charge in [-0.05, 0) is 58.6 Å². The topological polar surface area (TPSA) is 44.1 Å². The molecule has 0 unspecified atom stereocenters. The van der Waals surface area contributed by atoms with Crippen LogP contribution in [0.5, 0.6) is 0 Å². The molecule has 0 aliphatic carbocycles. The van der Waals surface area contributed by atoms with E-state index in [9.17, 15) is 0 Å². The summed E-state index contributed by atoms with van der Waals surface area (Å²) in [6.07, 6.45) is 0. The molecule has 0 saturated heterocycles. The maximum atomic E-state index is 6.87. The van der Waals surface area contributed by atoms with Crippen LogP contribution < -0.4 is 0 Å². The smallest absolute Gasteiger partial charge is 0.227 e. The Morgan fingerprint density at radius 3 is 2.16 bits per heavy atom. The average Bonchev–Trinajstić information content (AvgIpc) is 3.76. The summed E-state index contributed by atoms with van der Waals surface area (Å²) < 4.78 is 15.4. The molecule has 3 aromatic heterocycles. The van der Waals surface area contributed by atoms with Crippen LogP contribution in [-0.2, 0) is 0 Å². The summed E-state index contributed by atoms with van der Waals surface area (Å²) in [5.74, 6) is 0.586. The second kappa shape index (κ2) is 8.34. The number of furan rings is 1. The molecule has 4 nitrogen and oxygen atoms in total. The molecule has 0 spiro atoms. The Morgan fingerprint density at radius 2 is 1.26 bits per heavy atom. The normalized spacial score (nSPS) is 12.2. The van der Waals surface area contributed by atoms with Crippen LogP contribution >= 0.6 is 0 Å². The summed E-state index contributed by atoms with van der Waals surface area (Å²) in [4.78, 5) is 4.74. The number of aromatic nitrogens is 2. The second-order valence-electron chi connectivity index (χ2n) is 11.2. The minimum atomic E-state index is 0.586.